The van der Waals surface area contributed by atoms with Crippen LogP contribution >= 0.6 is 12.4 Å². The molecule has 0 aliphatic carbocycles. The van der Waals surface area contributed by atoms with E-state index in [0.717, 1.165) is 30.8 Å². The molecule has 112 valence electrons. The number of tetrazole rings is 1. The van der Waals surface area contributed by atoms with E-state index in [9.17, 15) is 4.79 Å². The minimum atomic E-state index is 0. The number of anilines is 1. The van der Waals surface area contributed by atoms with E-state index in [1.54, 1.807) is 11.7 Å². The van der Waals surface area contributed by atoms with Crippen molar-refractivity contribution in [3.05, 3.63) is 24.3 Å². The zero-order chi connectivity index (χ0) is 13.9. The van der Waals surface area contributed by atoms with E-state index in [2.05, 4.69) is 26.2 Å². The Morgan fingerprint density at radius 1 is 1.48 bits per heavy atom. The number of halogens is 1. The van der Waals surface area contributed by atoms with Crippen molar-refractivity contribution in [2.75, 3.05) is 18.4 Å². The molecule has 2 aromatic rings. The third kappa shape index (κ3) is 3.37. The van der Waals surface area contributed by atoms with Crippen LogP contribution in [-0.2, 0) is 11.8 Å². The molecular formula is C13H17ClN6O. The second-order valence-corrected chi connectivity index (χ2v) is 4.89. The molecule has 1 unspecified atom stereocenters. The van der Waals surface area contributed by atoms with E-state index in [-0.39, 0.29) is 24.2 Å². The number of carbonyl (C=O) groups is 1. The summed E-state index contributed by atoms with van der Waals surface area (Å²) in [6.07, 6.45) is 0.888. The Balaban J connectivity index is 0.00000161. The molecule has 0 radical (unpaired) electrons. The molecule has 2 heterocycles. The van der Waals surface area contributed by atoms with Crippen molar-refractivity contribution in [1.29, 1.82) is 0 Å². The van der Waals surface area contributed by atoms with Crippen LogP contribution in [0.15, 0.2) is 24.3 Å². The fourth-order valence-corrected chi connectivity index (χ4v) is 2.33. The Bertz CT molecular complexity index is 623. The molecule has 21 heavy (non-hydrogen) atoms. The van der Waals surface area contributed by atoms with Crippen molar-refractivity contribution < 1.29 is 4.79 Å². The molecule has 1 fully saturated rings. The minimum Gasteiger partial charge on any atom is -0.326 e. The monoisotopic (exact) mass is 308 g/mol. The highest BCUT2D eigenvalue weighted by Crippen LogP contribution is 2.20. The third-order valence-corrected chi connectivity index (χ3v) is 3.44. The zero-order valence-electron chi connectivity index (χ0n) is 11.6. The number of hydrogen-bond donors (Lipinski definition) is 2. The van der Waals surface area contributed by atoms with Gasteiger partial charge in [-0.1, -0.05) is 12.1 Å². The maximum absolute atomic E-state index is 12.1. The van der Waals surface area contributed by atoms with Crippen LogP contribution in [-0.4, -0.2) is 39.2 Å². The summed E-state index contributed by atoms with van der Waals surface area (Å²) in [6, 6.07) is 7.55. The third-order valence-electron chi connectivity index (χ3n) is 3.44. The number of rotatable bonds is 3. The van der Waals surface area contributed by atoms with Crippen LogP contribution in [0.1, 0.15) is 6.42 Å². The second kappa shape index (κ2) is 6.64. The average molecular weight is 309 g/mol. The number of aryl methyl sites for hydroxylation is 1. The molecule has 1 aliphatic heterocycles. The van der Waals surface area contributed by atoms with Gasteiger partial charge in [-0.25, -0.2) is 4.68 Å². The fraction of sp³-hybridized carbons (Fsp3) is 0.385. The van der Waals surface area contributed by atoms with E-state index in [1.807, 2.05) is 24.3 Å². The lowest BCUT2D eigenvalue weighted by molar-refractivity contribution is -0.119. The quantitative estimate of drug-likeness (QED) is 0.878. The largest absolute Gasteiger partial charge is 0.326 e. The average Bonchev–Trinajstić information content (AvgIpc) is 3.10. The summed E-state index contributed by atoms with van der Waals surface area (Å²) in [5.41, 5.74) is 1.64. The van der Waals surface area contributed by atoms with Crippen LogP contribution in [0, 0.1) is 5.92 Å². The summed E-state index contributed by atoms with van der Waals surface area (Å²) in [5, 5.41) is 17.5. The van der Waals surface area contributed by atoms with Gasteiger partial charge in [-0.2, -0.15) is 0 Å². The molecule has 3 rings (SSSR count). The van der Waals surface area contributed by atoms with Gasteiger partial charge in [-0.05, 0) is 35.5 Å². The summed E-state index contributed by atoms with van der Waals surface area (Å²) < 4.78 is 1.60. The van der Waals surface area contributed by atoms with Crippen LogP contribution in [0.5, 0.6) is 0 Å². The van der Waals surface area contributed by atoms with Crippen molar-refractivity contribution >= 4 is 24.0 Å². The maximum Gasteiger partial charge on any atom is 0.228 e. The normalized spacial score (nSPS) is 17.3. The Labute approximate surface area is 128 Å². The number of aromatic nitrogens is 4. The number of carbonyl (C=O) groups excluding carboxylic acids is 1. The second-order valence-electron chi connectivity index (χ2n) is 4.89. The Morgan fingerprint density at radius 3 is 3.00 bits per heavy atom. The van der Waals surface area contributed by atoms with Gasteiger partial charge in [0, 0.05) is 24.8 Å². The van der Waals surface area contributed by atoms with E-state index >= 15 is 0 Å². The van der Waals surface area contributed by atoms with Crippen molar-refractivity contribution in [3.63, 3.8) is 0 Å². The molecule has 2 N–H and O–H groups in total. The van der Waals surface area contributed by atoms with Crippen LogP contribution in [0.2, 0.25) is 0 Å². The maximum atomic E-state index is 12.1. The van der Waals surface area contributed by atoms with Gasteiger partial charge in [-0.3, -0.25) is 4.79 Å². The molecule has 0 bridgehead atoms. The Kier molecular flexibility index (Phi) is 4.87. The number of hydrogen-bond acceptors (Lipinski definition) is 5. The summed E-state index contributed by atoms with van der Waals surface area (Å²) in [6.45, 7) is 1.65. The Morgan fingerprint density at radius 2 is 2.33 bits per heavy atom. The summed E-state index contributed by atoms with van der Waals surface area (Å²) in [4.78, 5) is 12.1. The molecule has 1 atom stereocenters. The highest BCUT2D eigenvalue weighted by atomic mass is 35.5. The van der Waals surface area contributed by atoms with Crippen LogP contribution in [0.3, 0.4) is 0 Å². The van der Waals surface area contributed by atoms with Gasteiger partial charge in [0.05, 0.1) is 5.92 Å². The van der Waals surface area contributed by atoms with Crippen molar-refractivity contribution in [2.24, 2.45) is 13.0 Å². The highest BCUT2D eigenvalue weighted by molar-refractivity contribution is 5.93. The first-order valence-corrected chi connectivity index (χ1v) is 6.58. The molecule has 1 aromatic carbocycles. The van der Waals surface area contributed by atoms with Gasteiger partial charge >= 0.3 is 0 Å². The molecule has 1 aliphatic rings. The van der Waals surface area contributed by atoms with Gasteiger partial charge in [0.15, 0.2) is 5.82 Å². The van der Waals surface area contributed by atoms with Gasteiger partial charge in [0.2, 0.25) is 5.91 Å². The summed E-state index contributed by atoms with van der Waals surface area (Å²) in [5.74, 6) is 0.780. The smallest absolute Gasteiger partial charge is 0.228 e. The number of amides is 1. The van der Waals surface area contributed by atoms with Crippen molar-refractivity contribution in [1.82, 2.24) is 25.5 Å². The van der Waals surface area contributed by atoms with Crippen LogP contribution < -0.4 is 10.6 Å². The predicted molar refractivity (Wildman–Crippen MR) is 81.1 cm³/mol. The first-order chi connectivity index (χ1) is 9.74. The molecule has 7 nitrogen and oxygen atoms in total. The van der Waals surface area contributed by atoms with E-state index in [1.165, 1.54) is 0 Å². The van der Waals surface area contributed by atoms with Crippen molar-refractivity contribution in [2.45, 2.75) is 6.42 Å². The molecule has 0 saturated carbocycles. The molecule has 1 amide bonds. The Hall–Kier alpha value is -1.99. The molecular weight excluding hydrogens is 292 g/mol. The fourth-order valence-electron chi connectivity index (χ4n) is 2.33. The first kappa shape index (κ1) is 15.4. The van der Waals surface area contributed by atoms with Gasteiger partial charge in [-0.15, -0.1) is 17.5 Å². The summed E-state index contributed by atoms with van der Waals surface area (Å²) in [7, 11) is 1.78. The first-order valence-electron chi connectivity index (χ1n) is 6.58. The summed E-state index contributed by atoms with van der Waals surface area (Å²) >= 11 is 0. The van der Waals surface area contributed by atoms with Crippen LogP contribution in [0.25, 0.3) is 11.4 Å². The van der Waals surface area contributed by atoms with E-state index in [0.29, 0.717) is 5.82 Å². The van der Waals surface area contributed by atoms with Gasteiger partial charge in [0.1, 0.15) is 0 Å². The lowest BCUT2D eigenvalue weighted by atomic mass is 10.1. The topological polar surface area (TPSA) is 84.7 Å². The van der Waals surface area contributed by atoms with Gasteiger partial charge < -0.3 is 10.6 Å². The molecule has 0 spiro atoms. The number of nitrogens with one attached hydrogen (secondary N) is 2. The lowest BCUT2D eigenvalue weighted by Gasteiger charge is -2.10. The van der Waals surface area contributed by atoms with Crippen LogP contribution in [0.4, 0.5) is 5.69 Å². The highest BCUT2D eigenvalue weighted by Gasteiger charge is 2.22. The molecule has 1 saturated heterocycles. The number of nitrogens with zero attached hydrogens (tertiary/aromatic N) is 4. The van der Waals surface area contributed by atoms with E-state index < -0.39 is 0 Å². The molecule has 8 heteroatoms. The SMILES string of the molecule is Cl.Cn1nnnc1-c1cccc(NC(=O)C2CCNC2)c1. The van der Waals surface area contributed by atoms with Gasteiger partial charge in [0.25, 0.3) is 0 Å². The van der Waals surface area contributed by atoms with E-state index in [4.69, 9.17) is 0 Å². The predicted octanol–water partition coefficient (Wildman–Crippen LogP) is 0.847. The molecule has 1 aromatic heterocycles. The standard InChI is InChI=1S/C13H16N6O.ClH/c1-19-12(16-17-18-19)9-3-2-4-11(7-9)15-13(20)10-5-6-14-8-10;/h2-4,7,10,14H,5-6,8H2,1H3,(H,15,20);1H. The number of benzene rings is 1. The van der Waals surface area contributed by atoms with Crippen molar-refractivity contribution in [3.8, 4) is 11.4 Å². The minimum absolute atomic E-state index is 0. The zero-order valence-corrected chi connectivity index (χ0v) is 12.4. The lowest BCUT2D eigenvalue weighted by Crippen LogP contribution is -2.24.